The van der Waals surface area contributed by atoms with Crippen LogP contribution in [0.2, 0.25) is 0 Å². The molecule has 2 heterocycles. The van der Waals surface area contributed by atoms with Crippen LogP contribution in [0, 0.1) is 0 Å². The van der Waals surface area contributed by atoms with Crippen LogP contribution in [0.15, 0.2) is 78.9 Å². The minimum absolute atomic E-state index is 0.00597. The first kappa shape index (κ1) is 27.3. The first-order valence-electron chi connectivity index (χ1n) is 12.8. The van der Waals surface area contributed by atoms with Gasteiger partial charge in [-0.1, -0.05) is 24.3 Å². The Balaban J connectivity index is 1.26. The summed E-state index contributed by atoms with van der Waals surface area (Å²) in [7, 11) is 3.60. The van der Waals surface area contributed by atoms with Crippen molar-refractivity contribution in [1.82, 2.24) is 19.6 Å². The van der Waals surface area contributed by atoms with E-state index in [4.69, 9.17) is 14.6 Å². The van der Waals surface area contributed by atoms with Crippen LogP contribution in [-0.4, -0.2) is 72.4 Å². The largest absolute Gasteiger partial charge is 0.484 e. The molecule has 208 valence electrons. The Bertz CT molecular complexity index is 1440. The molecule has 5 rings (SSSR count). The van der Waals surface area contributed by atoms with Gasteiger partial charge in [-0.15, -0.1) is 0 Å². The lowest BCUT2D eigenvalue weighted by atomic mass is 10.0. The van der Waals surface area contributed by atoms with E-state index in [0.29, 0.717) is 36.0 Å². The number of benzene rings is 3. The van der Waals surface area contributed by atoms with E-state index in [-0.39, 0.29) is 12.5 Å². The molecule has 40 heavy (non-hydrogen) atoms. The van der Waals surface area contributed by atoms with E-state index in [0.717, 1.165) is 42.0 Å². The van der Waals surface area contributed by atoms with Crippen molar-refractivity contribution in [3.8, 4) is 39.7 Å². The predicted octanol–water partition coefficient (Wildman–Crippen LogP) is 5.39. The summed E-state index contributed by atoms with van der Waals surface area (Å²) in [4.78, 5) is 16.5. The first-order valence-corrected chi connectivity index (χ1v) is 12.8. The molecule has 1 saturated heterocycles. The molecule has 3 aromatic carbocycles. The molecule has 0 bridgehead atoms. The molecule has 1 fully saturated rings. The van der Waals surface area contributed by atoms with E-state index in [1.54, 1.807) is 23.9 Å². The molecule has 0 saturated carbocycles. The number of alkyl halides is 3. The van der Waals surface area contributed by atoms with Crippen LogP contribution in [0.1, 0.15) is 5.56 Å². The molecule has 1 amide bonds. The fourth-order valence-corrected chi connectivity index (χ4v) is 4.50. The number of likely N-dealkylation sites (N-methyl/N-ethyl adjacent to an activating group) is 1. The molecule has 1 aliphatic rings. The highest BCUT2D eigenvalue weighted by Gasteiger charge is 2.30. The molecule has 0 atom stereocenters. The number of ether oxygens (including phenoxy) is 2. The maximum atomic E-state index is 12.9. The summed E-state index contributed by atoms with van der Waals surface area (Å²) in [6.07, 6.45) is -4.37. The highest BCUT2D eigenvalue weighted by molar-refractivity contribution is 5.78. The zero-order valence-electron chi connectivity index (χ0n) is 22.2. The van der Waals surface area contributed by atoms with Crippen molar-refractivity contribution in [2.45, 2.75) is 6.18 Å². The molecular formula is C30H29F3N4O3. The highest BCUT2D eigenvalue weighted by atomic mass is 19.4. The first-order chi connectivity index (χ1) is 19.2. The second-order valence-corrected chi connectivity index (χ2v) is 9.60. The predicted molar refractivity (Wildman–Crippen MR) is 146 cm³/mol. The molecule has 1 aromatic heterocycles. The fraction of sp³-hybridized carbons (Fsp3) is 0.267. The van der Waals surface area contributed by atoms with Crippen LogP contribution < -0.4 is 9.47 Å². The van der Waals surface area contributed by atoms with Gasteiger partial charge in [0.2, 0.25) is 5.88 Å². The van der Waals surface area contributed by atoms with E-state index in [1.807, 2.05) is 54.4 Å². The summed E-state index contributed by atoms with van der Waals surface area (Å²) >= 11 is 0. The Kier molecular flexibility index (Phi) is 7.79. The van der Waals surface area contributed by atoms with Crippen LogP contribution in [0.4, 0.5) is 13.2 Å². The van der Waals surface area contributed by atoms with E-state index < -0.39 is 11.7 Å². The Hall–Kier alpha value is -4.31. The number of carbonyl (C=O) groups excluding carboxylic acids is 1. The number of rotatable bonds is 7. The van der Waals surface area contributed by atoms with Crippen molar-refractivity contribution in [1.29, 1.82) is 0 Å². The van der Waals surface area contributed by atoms with Gasteiger partial charge in [0.25, 0.3) is 5.91 Å². The van der Waals surface area contributed by atoms with Crippen molar-refractivity contribution < 1.29 is 27.4 Å². The van der Waals surface area contributed by atoms with Crippen molar-refractivity contribution in [3.63, 3.8) is 0 Å². The normalized spacial score (nSPS) is 14.3. The van der Waals surface area contributed by atoms with Gasteiger partial charge in [-0.05, 0) is 66.7 Å². The smallest absolute Gasteiger partial charge is 0.416 e. The monoisotopic (exact) mass is 550 g/mol. The van der Waals surface area contributed by atoms with Crippen molar-refractivity contribution in [2.24, 2.45) is 0 Å². The van der Waals surface area contributed by atoms with Gasteiger partial charge >= 0.3 is 6.18 Å². The van der Waals surface area contributed by atoms with Crippen LogP contribution in [0.3, 0.4) is 0 Å². The maximum absolute atomic E-state index is 12.9. The number of methoxy groups -OCH3 is 1. The van der Waals surface area contributed by atoms with E-state index in [1.165, 1.54) is 12.1 Å². The molecule has 10 heteroatoms. The molecule has 1 aliphatic heterocycles. The third-order valence-corrected chi connectivity index (χ3v) is 6.91. The van der Waals surface area contributed by atoms with Gasteiger partial charge in [-0.3, -0.25) is 4.79 Å². The Morgan fingerprint density at radius 3 is 2.00 bits per heavy atom. The number of halogens is 3. The Morgan fingerprint density at radius 2 is 1.43 bits per heavy atom. The summed E-state index contributed by atoms with van der Waals surface area (Å²) in [6.45, 7) is 3.13. The fourth-order valence-electron chi connectivity index (χ4n) is 4.50. The standard InChI is InChI=1S/C30H29F3N4O3/c1-35-15-17-36(18-16-35)28(38)20-40-26-13-7-23(8-14-26)27-19-29(39-2)37(34-27)25-11-5-22(6-12-25)21-3-9-24(10-4-21)30(31,32)33/h3-14,19H,15-18,20H2,1-2H3. The van der Waals surface area contributed by atoms with Gasteiger partial charge in [0, 0.05) is 37.8 Å². The lowest BCUT2D eigenvalue weighted by Crippen LogP contribution is -2.48. The van der Waals surface area contributed by atoms with Crippen molar-refractivity contribution in [2.75, 3.05) is 46.9 Å². The molecule has 0 radical (unpaired) electrons. The second kappa shape index (κ2) is 11.4. The zero-order valence-corrected chi connectivity index (χ0v) is 22.2. The quantitative estimate of drug-likeness (QED) is 0.309. The number of amides is 1. The van der Waals surface area contributed by atoms with Gasteiger partial charge in [0.1, 0.15) is 5.75 Å². The van der Waals surface area contributed by atoms with Crippen molar-refractivity contribution >= 4 is 5.91 Å². The van der Waals surface area contributed by atoms with Crippen molar-refractivity contribution in [3.05, 3.63) is 84.4 Å². The summed E-state index contributed by atoms with van der Waals surface area (Å²) < 4.78 is 51.5. The van der Waals surface area contributed by atoms with Gasteiger partial charge in [-0.25, -0.2) is 4.68 Å². The van der Waals surface area contributed by atoms with Gasteiger partial charge in [0.15, 0.2) is 6.61 Å². The SMILES string of the molecule is COc1cc(-c2ccc(OCC(=O)N3CCN(C)CC3)cc2)nn1-c1ccc(-c2ccc(C(F)(F)F)cc2)cc1. The molecule has 0 spiro atoms. The van der Waals surface area contributed by atoms with Crippen LogP contribution in [0.5, 0.6) is 11.6 Å². The molecule has 0 aliphatic carbocycles. The summed E-state index contributed by atoms with van der Waals surface area (Å²) in [5, 5.41) is 4.69. The average molecular weight is 551 g/mol. The minimum atomic E-state index is -4.37. The topological polar surface area (TPSA) is 59.8 Å². The number of piperazine rings is 1. The molecule has 0 N–H and O–H groups in total. The third-order valence-electron chi connectivity index (χ3n) is 6.91. The van der Waals surface area contributed by atoms with Crippen LogP contribution in [-0.2, 0) is 11.0 Å². The maximum Gasteiger partial charge on any atom is 0.416 e. The second-order valence-electron chi connectivity index (χ2n) is 9.60. The van der Waals surface area contributed by atoms with Gasteiger partial charge < -0.3 is 19.3 Å². The van der Waals surface area contributed by atoms with E-state index in [9.17, 15) is 18.0 Å². The molecule has 4 aromatic rings. The molecule has 0 unspecified atom stereocenters. The summed E-state index contributed by atoms with van der Waals surface area (Å²) in [5.41, 5.74) is 3.05. The number of hydrogen-bond acceptors (Lipinski definition) is 5. The molecular weight excluding hydrogens is 521 g/mol. The van der Waals surface area contributed by atoms with Gasteiger partial charge in [-0.2, -0.15) is 18.3 Å². The van der Waals surface area contributed by atoms with E-state index in [2.05, 4.69) is 4.90 Å². The van der Waals surface area contributed by atoms with Gasteiger partial charge in [0.05, 0.1) is 24.1 Å². The van der Waals surface area contributed by atoms with E-state index >= 15 is 0 Å². The summed E-state index contributed by atoms with van der Waals surface area (Å²) in [6, 6.07) is 21.6. The number of carbonyl (C=O) groups is 1. The number of nitrogens with zero attached hydrogens (tertiary/aromatic N) is 4. The average Bonchev–Trinajstić information content (AvgIpc) is 3.41. The number of aromatic nitrogens is 2. The van der Waals surface area contributed by atoms with Crippen LogP contribution >= 0.6 is 0 Å². The Labute approximate surface area is 230 Å². The third kappa shape index (κ3) is 6.12. The Morgan fingerprint density at radius 1 is 0.850 bits per heavy atom. The van der Waals surface area contributed by atoms with Crippen LogP contribution in [0.25, 0.3) is 28.1 Å². The minimum Gasteiger partial charge on any atom is -0.484 e. The molecule has 7 nitrogen and oxygen atoms in total. The zero-order chi connectivity index (χ0) is 28.3. The lowest BCUT2D eigenvalue weighted by Gasteiger charge is -2.32. The number of hydrogen-bond donors (Lipinski definition) is 0. The summed E-state index contributed by atoms with van der Waals surface area (Å²) in [5.74, 6) is 1.09. The highest BCUT2D eigenvalue weighted by Crippen LogP contribution is 2.32. The lowest BCUT2D eigenvalue weighted by molar-refractivity contribution is -0.137.